The van der Waals surface area contributed by atoms with Crippen LogP contribution in [0.2, 0.25) is 5.02 Å². The van der Waals surface area contributed by atoms with Crippen LogP contribution in [0, 0.1) is 6.92 Å². The summed E-state index contributed by atoms with van der Waals surface area (Å²) in [6, 6.07) is 11.9. The summed E-state index contributed by atoms with van der Waals surface area (Å²) in [6.07, 6.45) is 2.05. The van der Waals surface area contributed by atoms with Gasteiger partial charge in [0.05, 0.1) is 0 Å². The second kappa shape index (κ2) is 9.74. The minimum Gasteiger partial charge on any atom is -0.351 e. The van der Waals surface area contributed by atoms with Crippen LogP contribution in [0.3, 0.4) is 0 Å². The Bertz CT molecular complexity index is 1370. The van der Waals surface area contributed by atoms with Crippen molar-refractivity contribution in [2.75, 3.05) is 23.3 Å². The maximum Gasteiger partial charge on any atom is 0.324 e. The van der Waals surface area contributed by atoms with Crippen molar-refractivity contribution in [3.8, 4) is 0 Å². The number of imide groups is 1. The summed E-state index contributed by atoms with van der Waals surface area (Å²) in [7, 11) is 0. The summed E-state index contributed by atoms with van der Waals surface area (Å²) in [5, 5.41) is 6.23. The number of hydrogen-bond donors (Lipinski definition) is 2. The lowest BCUT2D eigenvalue weighted by Gasteiger charge is -2.29. The molecule has 5 rings (SSSR count). The van der Waals surface area contributed by atoms with E-state index in [1.54, 1.807) is 21.9 Å². The highest BCUT2D eigenvalue weighted by molar-refractivity contribution is 6.31. The number of benzene rings is 2. The zero-order valence-corrected chi connectivity index (χ0v) is 21.0. The summed E-state index contributed by atoms with van der Waals surface area (Å²) in [5.74, 6) is -1.49. The van der Waals surface area contributed by atoms with E-state index in [0.29, 0.717) is 48.9 Å². The van der Waals surface area contributed by atoms with Crippen LogP contribution in [0.1, 0.15) is 24.0 Å². The molecule has 0 aromatic heterocycles. The van der Waals surface area contributed by atoms with Crippen molar-refractivity contribution in [2.45, 2.75) is 32.4 Å². The molecular weight excluding hydrogens is 494 g/mol. The number of aryl methyl sites for hydroxylation is 1. The van der Waals surface area contributed by atoms with Crippen molar-refractivity contribution in [1.82, 2.24) is 15.1 Å². The molecule has 3 heterocycles. The molecule has 9 nitrogen and oxygen atoms in total. The first kappa shape index (κ1) is 24.6. The number of nitrogens with zero attached hydrogens (tertiary/aromatic N) is 3. The van der Waals surface area contributed by atoms with Gasteiger partial charge in [0.2, 0.25) is 5.91 Å². The fraction of sp³-hybridized carbons (Fsp3) is 0.259. The Labute approximate surface area is 219 Å². The van der Waals surface area contributed by atoms with Gasteiger partial charge in [0, 0.05) is 47.8 Å². The van der Waals surface area contributed by atoms with Gasteiger partial charge < -0.3 is 15.5 Å². The van der Waals surface area contributed by atoms with Crippen molar-refractivity contribution < 1.29 is 19.2 Å². The average Bonchev–Trinajstić information content (AvgIpc) is 3.34. The number of amides is 5. The molecule has 37 heavy (non-hydrogen) atoms. The molecule has 0 spiro atoms. The number of hydrogen-bond acceptors (Lipinski definition) is 5. The molecule has 2 aromatic carbocycles. The van der Waals surface area contributed by atoms with Crippen molar-refractivity contribution in [3.05, 3.63) is 82.7 Å². The maximum absolute atomic E-state index is 13.0. The molecule has 2 N–H and O–H groups in total. The third kappa shape index (κ3) is 4.82. The lowest BCUT2D eigenvalue weighted by molar-refractivity contribution is -0.146. The van der Waals surface area contributed by atoms with Gasteiger partial charge in [0.15, 0.2) is 0 Å². The van der Waals surface area contributed by atoms with Gasteiger partial charge in [0.1, 0.15) is 11.7 Å². The summed E-state index contributed by atoms with van der Waals surface area (Å²) in [4.78, 5) is 55.3. The predicted molar refractivity (Wildman–Crippen MR) is 140 cm³/mol. The van der Waals surface area contributed by atoms with Gasteiger partial charge >= 0.3 is 6.03 Å². The third-order valence-corrected chi connectivity index (χ3v) is 7.14. The van der Waals surface area contributed by atoms with E-state index in [1.807, 2.05) is 37.3 Å². The number of piperidine rings is 1. The quantitative estimate of drug-likeness (QED) is 0.568. The number of rotatable bonds is 6. The van der Waals surface area contributed by atoms with E-state index in [4.69, 9.17) is 11.6 Å². The summed E-state index contributed by atoms with van der Waals surface area (Å²) < 4.78 is 0. The normalized spacial score (nSPS) is 20.1. The van der Waals surface area contributed by atoms with Crippen LogP contribution in [0.4, 0.5) is 16.2 Å². The van der Waals surface area contributed by atoms with E-state index in [0.717, 1.165) is 21.7 Å². The molecule has 3 aliphatic heterocycles. The van der Waals surface area contributed by atoms with Crippen molar-refractivity contribution in [3.63, 3.8) is 0 Å². The Morgan fingerprint density at radius 3 is 2.68 bits per heavy atom. The van der Waals surface area contributed by atoms with Gasteiger partial charge in [-0.1, -0.05) is 36.4 Å². The van der Waals surface area contributed by atoms with Crippen LogP contribution in [0.25, 0.3) is 0 Å². The fourth-order valence-electron chi connectivity index (χ4n) is 4.72. The number of allylic oxidation sites excluding steroid dienone is 1. The first-order valence-corrected chi connectivity index (χ1v) is 12.4. The molecule has 10 heteroatoms. The predicted octanol–water partition coefficient (Wildman–Crippen LogP) is 3.55. The van der Waals surface area contributed by atoms with E-state index < -0.39 is 23.8 Å². The summed E-state index contributed by atoms with van der Waals surface area (Å²) in [5.41, 5.74) is 3.84. The van der Waals surface area contributed by atoms with Crippen LogP contribution in [0.5, 0.6) is 0 Å². The first-order chi connectivity index (χ1) is 17.7. The Balaban J connectivity index is 1.24. The fourth-order valence-corrected chi connectivity index (χ4v) is 4.89. The zero-order valence-electron chi connectivity index (χ0n) is 20.3. The third-order valence-electron chi connectivity index (χ3n) is 6.73. The number of urea groups is 1. The first-order valence-electron chi connectivity index (χ1n) is 12.0. The summed E-state index contributed by atoms with van der Waals surface area (Å²) >= 11 is 6.24. The highest BCUT2D eigenvalue weighted by atomic mass is 35.5. The maximum atomic E-state index is 13.0. The molecule has 3 aliphatic rings. The number of carbonyl (C=O) groups excluding carboxylic acids is 4. The van der Waals surface area contributed by atoms with Gasteiger partial charge in [-0.25, -0.2) is 4.79 Å². The van der Waals surface area contributed by atoms with Gasteiger partial charge in [-0.05, 0) is 55.2 Å². The van der Waals surface area contributed by atoms with Crippen LogP contribution in [0.15, 0.2) is 66.5 Å². The molecule has 0 aliphatic carbocycles. The van der Waals surface area contributed by atoms with Gasteiger partial charge in [0.25, 0.3) is 11.8 Å². The Hall–Kier alpha value is -4.11. The highest BCUT2D eigenvalue weighted by Crippen LogP contribution is 2.28. The van der Waals surface area contributed by atoms with Crippen LogP contribution >= 0.6 is 11.6 Å². The average molecular weight is 520 g/mol. The van der Waals surface area contributed by atoms with Gasteiger partial charge in [-0.15, -0.1) is 0 Å². The number of anilines is 2. The minimum atomic E-state index is -0.861. The Morgan fingerprint density at radius 1 is 1.11 bits per heavy atom. The largest absolute Gasteiger partial charge is 0.351 e. The van der Waals surface area contributed by atoms with Crippen molar-refractivity contribution >= 4 is 46.7 Å². The smallest absolute Gasteiger partial charge is 0.324 e. The second-order valence-electron chi connectivity index (χ2n) is 9.33. The van der Waals surface area contributed by atoms with E-state index in [1.165, 1.54) is 6.08 Å². The molecule has 190 valence electrons. The lowest BCUT2D eigenvalue weighted by Crippen LogP contribution is -2.52. The van der Waals surface area contributed by atoms with Crippen LogP contribution in [-0.4, -0.2) is 52.7 Å². The molecule has 1 atom stereocenters. The minimum absolute atomic E-state index is 0.0963. The van der Waals surface area contributed by atoms with Crippen LogP contribution < -0.4 is 15.5 Å². The van der Waals surface area contributed by atoms with Gasteiger partial charge in [-0.3, -0.25) is 24.2 Å². The topological polar surface area (TPSA) is 102 Å². The molecular formula is C27H26ClN5O4. The van der Waals surface area contributed by atoms with Crippen LogP contribution in [-0.2, 0) is 20.9 Å². The second-order valence-corrected chi connectivity index (χ2v) is 9.74. The molecule has 0 radical (unpaired) electrons. The highest BCUT2D eigenvalue weighted by Gasteiger charge is 2.41. The molecule has 2 fully saturated rings. The molecule has 2 aromatic rings. The molecule has 5 amide bonds. The van der Waals surface area contributed by atoms with Crippen molar-refractivity contribution in [1.29, 1.82) is 0 Å². The zero-order chi connectivity index (χ0) is 26.3. The van der Waals surface area contributed by atoms with E-state index >= 15 is 0 Å². The summed E-state index contributed by atoms with van der Waals surface area (Å²) in [6.45, 7) is 7.14. The monoisotopic (exact) mass is 519 g/mol. The van der Waals surface area contributed by atoms with Gasteiger partial charge in [-0.2, -0.15) is 0 Å². The van der Waals surface area contributed by atoms with E-state index in [-0.39, 0.29) is 11.7 Å². The molecule has 0 saturated carbocycles. The Kier molecular flexibility index (Phi) is 6.47. The standard InChI is InChI=1S/C27H26ClN5O4/c1-16-6-8-20(13-21(16)28)32-11-10-31(27(32)37)15-18-4-3-5-19(12-18)30-22-14-24(34)33(26(22)36)23-9-7-17(2)29-25(23)35/h3-6,8,12-14,23,30H,2,7,9-11,15H2,1H3,(H,29,35). The lowest BCUT2D eigenvalue weighted by atomic mass is 10.0. The van der Waals surface area contributed by atoms with E-state index in [2.05, 4.69) is 17.2 Å². The SMILES string of the molecule is C=C1CCC(N2C(=O)C=C(Nc3cccc(CN4CCN(c5ccc(C)c(Cl)c5)C4=O)c3)C2=O)C(=O)N1. The molecule has 0 bridgehead atoms. The number of halogens is 1. The number of carbonyl (C=O) groups is 4. The Morgan fingerprint density at radius 2 is 1.92 bits per heavy atom. The molecule has 1 unspecified atom stereocenters. The molecule has 2 saturated heterocycles. The number of nitrogens with one attached hydrogen (secondary N) is 2. The van der Waals surface area contributed by atoms with E-state index in [9.17, 15) is 19.2 Å². The van der Waals surface area contributed by atoms with Crippen molar-refractivity contribution in [2.24, 2.45) is 0 Å².